The molecule has 1 aliphatic heterocycles. The van der Waals surface area contributed by atoms with Gasteiger partial charge in [-0.25, -0.2) is 13.5 Å². The van der Waals surface area contributed by atoms with Crippen molar-refractivity contribution in [2.75, 3.05) is 18.0 Å². The number of phenols is 1. The SMILES string of the molecule is Oc1c(F)cc2cnn(-c3ccc(N4CCC(O)CC4)cc3)c2c1F. The van der Waals surface area contributed by atoms with Crippen LogP contribution in [-0.4, -0.2) is 39.2 Å². The molecule has 3 aromatic rings. The van der Waals surface area contributed by atoms with Crippen LogP contribution in [0.3, 0.4) is 0 Å². The van der Waals surface area contributed by atoms with Crippen molar-refractivity contribution < 1.29 is 19.0 Å². The summed E-state index contributed by atoms with van der Waals surface area (Å²) < 4.78 is 29.1. The van der Waals surface area contributed by atoms with E-state index in [1.165, 1.54) is 10.9 Å². The summed E-state index contributed by atoms with van der Waals surface area (Å²) in [5.74, 6) is -3.04. The van der Waals surface area contributed by atoms with Gasteiger partial charge >= 0.3 is 0 Å². The number of aliphatic hydroxyl groups is 1. The van der Waals surface area contributed by atoms with Gasteiger partial charge in [-0.1, -0.05) is 0 Å². The minimum Gasteiger partial charge on any atom is -0.503 e. The first-order chi connectivity index (χ1) is 12.0. The summed E-state index contributed by atoms with van der Waals surface area (Å²) >= 11 is 0. The van der Waals surface area contributed by atoms with Crippen LogP contribution < -0.4 is 4.90 Å². The van der Waals surface area contributed by atoms with Gasteiger partial charge in [-0.05, 0) is 43.2 Å². The third-order valence-corrected chi connectivity index (χ3v) is 4.65. The number of phenolic OH excluding ortho intramolecular Hbond substituents is 1. The number of aromatic hydroxyl groups is 1. The predicted molar refractivity (Wildman–Crippen MR) is 90.1 cm³/mol. The number of rotatable bonds is 2. The molecule has 0 spiro atoms. The number of halogens is 2. The molecule has 0 bridgehead atoms. The van der Waals surface area contributed by atoms with E-state index in [9.17, 15) is 19.0 Å². The van der Waals surface area contributed by atoms with Gasteiger partial charge in [-0.3, -0.25) is 0 Å². The zero-order chi connectivity index (χ0) is 17.6. The Bertz CT molecular complexity index is 916. The Balaban J connectivity index is 1.69. The van der Waals surface area contributed by atoms with E-state index in [0.717, 1.165) is 37.7 Å². The van der Waals surface area contributed by atoms with E-state index >= 15 is 0 Å². The fraction of sp³-hybridized carbons (Fsp3) is 0.278. The van der Waals surface area contributed by atoms with E-state index in [2.05, 4.69) is 10.00 Å². The predicted octanol–water partition coefficient (Wildman–Crippen LogP) is 2.97. The smallest absolute Gasteiger partial charge is 0.194 e. The highest BCUT2D eigenvalue weighted by Gasteiger charge is 2.19. The lowest BCUT2D eigenvalue weighted by Crippen LogP contribution is -2.35. The summed E-state index contributed by atoms with van der Waals surface area (Å²) in [4.78, 5) is 2.18. The van der Waals surface area contributed by atoms with Crippen LogP contribution in [0.2, 0.25) is 0 Å². The quantitative estimate of drug-likeness (QED) is 0.750. The van der Waals surface area contributed by atoms with Crippen molar-refractivity contribution in [2.24, 2.45) is 0 Å². The van der Waals surface area contributed by atoms with Gasteiger partial charge in [-0.2, -0.15) is 5.10 Å². The maximum atomic E-state index is 14.3. The molecule has 130 valence electrons. The van der Waals surface area contributed by atoms with Crippen LogP contribution >= 0.6 is 0 Å². The molecule has 0 aliphatic carbocycles. The van der Waals surface area contributed by atoms with Crippen molar-refractivity contribution in [3.8, 4) is 11.4 Å². The van der Waals surface area contributed by atoms with Crippen molar-refractivity contribution in [3.63, 3.8) is 0 Å². The van der Waals surface area contributed by atoms with Crippen LogP contribution in [0.5, 0.6) is 5.75 Å². The van der Waals surface area contributed by atoms with E-state index in [4.69, 9.17) is 0 Å². The van der Waals surface area contributed by atoms with Crippen LogP contribution in [0.25, 0.3) is 16.6 Å². The Hall–Kier alpha value is -2.67. The Labute approximate surface area is 142 Å². The average Bonchev–Trinajstić information content (AvgIpc) is 3.04. The Morgan fingerprint density at radius 1 is 1.04 bits per heavy atom. The van der Waals surface area contributed by atoms with Crippen molar-refractivity contribution in [3.05, 3.63) is 48.2 Å². The second kappa shape index (κ2) is 6.00. The van der Waals surface area contributed by atoms with Gasteiger partial charge in [0, 0.05) is 24.2 Å². The molecular formula is C18H17F2N3O2. The van der Waals surface area contributed by atoms with Crippen molar-refractivity contribution in [1.82, 2.24) is 9.78 Å². The molecule has 5 nitrogen and oxygen atoms in total. The summed E-state index contributed by atoms with van der Waals surface area (Å²) in [5, 5.41) is 23.5. The average molecular weight is 345 g/mol. The van der Waals surface area contributed by atoms with Crippen LogP contribution in [0, 0.1) is 11.6 Å². The number of aromatic nitrogens is 2. The first-order valence-corrected chi connectivity index (χ1v) is 8.13. The molecule has 2 aromatic carbocycles. The highest BCUT2D eigenvalue weighted by Crippen LogP contribution is 2.30. The van der Waals surface area contributed by atoms with Crippen LogP contribution in [0.15, 0.2) is 36.5 Å². The van der Waals surface area contributed by atoms with Crippen LogP contribution in [0.4, 0.5) is 14.5 Å². The summed E-state index contributed by atoms with van der Waals surface area (Å²) in [7, 11) is 0. The minimum absolute atomic E-state index is 0.0349. The first-order valence-electron chi connectivity index (χ1n) is 8.13. The lowest BCUT2D eigenvalue weighted by molar-refractivity contribution is 0.145. The molecular weight excluding hydrogens is 328 g/mol. The van der Waals surface area contributed by atoms with Crippen molar-refractivity contribution in [2.45, 2.75) is 18.9 Å². The van der Waals surface area contributed by atoms with Gasteiger partial charge in [-0.15, -0.1) is 0 Å². The fourth-order valence-electron chi connectivity index (χ4n) is 3.23. The molecule has 2 N–H and O–H groups in total. The number of aliphatic hydroxyl groups excluding tert-OH is 1. The summed E-state index contributed by atoms with van der Waals surface area (Å²) in [6.07, 6.45) is 2.60. The van der Waals surface area contributed by atoms with E-state index in [1.807, 2.05) is 12.1 Å². The molecule has 0 saturated carbocycles. The van der Waals surface area contributed by atoms with E-state index in [0.29, 0.717) is 5.69 Å². The van der Waals surface area contributed by atoms with E-state index in [1.54, 1.807) is 12.1 Å². The highest BCUT2D eigenvalue weighted by molar-refractivity contribution is 5.82. The number of hydrogen-bond donors (Lipinski definition) is 2. The Kier molecular flexibility index (Phi) is 3.80. The van der Waals surface area contributed by atoms with Crippen molar-refractivity contribution >= 4 is 16.6 Å². The highest BCUT2D eigenvalue weighted by atomic mass is 19.1. The van der Waals surface area contributed by atoms with E-state index < -0.39 is 17.4 Å². The number of benzene rings is 2. The third-order valence-electron chi connectivity index (χ3n) is 4.65. The molecule has 1 aliphatic rings. The molecule has 1 saturated heterocycles. The molecule has 0 radical (unpaired) electrons. The van der Waals surface area contributed by atoms with Gasteiger partial charge in [0.1, 0.15) is 5.52 Å². The number of piperidine rings is 1. The van der Waals surface area contributed by atoms with Crippen LogP contribution in [0.1, 0.15) is 12.8 Å². The van der Waals surface area contributed by atoms with Gasteiger partial charge < -0.3 is 15.1 Å². The largest absolute Gasteiger partial charge is 0.503 e. The topological polar surface area (TPSA) is 61.5 Å². The number of hydrogen-bond acceptors (Lipinski definition) is 4. The number of fused-ring (bicyclic) bond motifs is 1. The normalized spacial score (nSPS) is 15.9. The lowest BCUT2D eigenvalue weighted by atomic mass is 10.1. The first kappa shape index (κ1) is 15.8. The zero-order valence-electron chi connectivity index (χ0n) is 13.4. The van der Waals surface area contributed by atoms with Crippen molar-refractivity contribution in [1.29, 1.82) is 0 Å². The molecule has 0 unspecified atom stereocenters. The maximum absolute atomic E-state index is 14.3. The Morgan fingerprint density at radius 2 is 1.68 bits per heavy atom. The summed E-state index contributed by atoms with van der Waals surface area (Å²) in [6, 6.07) is 8.47. The van der Waals surface area contributed by atoms with Gasteiger partial charge in [0.05, 0.1) is 18.0 Å². The van der Waals surface area contributed by atoms with Crippen LogP contribution in [-0.2, 0) is 0 Å². The summed E-state index contributed by atoms with van der Waals surface area (Å²) in [5.41, 5.74) is 1.66. The molecule has 1 aromatic heterocycles. The summed E-state index contributed by atoms with van der Waals surface area (Å²) in [6.45, 7) is 1.57. The zero-order valence-corrected chi connectivity index (χ0v) is 13.4. The second-order valence-corrected chi connectivity index (χ2v) is 6.25. The Morgan fingerprint density at radius 3 is 2.36 bits per heavy atom. The van der Waals surface area contributed by atoms with E-state index in [-0.39, 0.29) is 17.0 Å². The molecule has 4 rings (SSSR count). The maximum Gasteiger partial charge on any atom is 0.194 e. The molecule has 25 heavy (non-hydrogen) atoms. The molecule has 2 heterocycles. The molecule has 7 heteroatoms. The van der Waals surface area contributed by atoms with Gasteiger partial charge in [0.2, 0.25) is 0 Å². The standard InChI is InChI=1S/C18H17F2N3O2/c19-15-9-11-10-21-23(17(11)16(20)18(15)25)13-3-1-12(2-4-13)22-7-5-14(24)6-8-22/h1-4,9-10,14,24-25H,5-8H2. The number of anilines is 1. The fourth-order valence-corrected chi connectivity index (χ4v) is 3.23. The third kappa shape index (κ3) is 2.70. The minimum atomic E-state index is -1.03. The second-order valence-electron chi connectivity index (χ2n) is 6.25. The lowest BCUT2D eigenvalue weighted by Gasteiger charge is -2.31. The molecule has 1 fully saturated rings. The molecule has 0 amide bonds. The van der Waals surface area contributed by atoms with Gasteiger partial charge in [0.25, 0.3) is 0 Å². The van der Waals surface area contributed by atoms with Gasteiger partial charge in [0.15, 0.2) is 17.4 Å². The monoisotopic (exact) mass is 345 g/mol. The number of nitrogens with zero attached hydrogens (tertiary/aromatic N) is 3. The molecule has 0 atom stereocenters.